The number of carbonyl (C=O) groups excluding carboxylic acids is 1. The van der Waals surface area contributed by atoms with Crippen LogP contribution in [0.25, 0.3) is 10.9 Å². The van der Waals surface area contributed by atoms with Gasteiger partial charge in [0.25, 0.3) is 5.91 Å². The lowest BCUT2D eigenvalue weighted by molar-refractivity contribution is 0.0714. The summed E-state index contributed by atoms with van der Waals surface area (Å²) in [6.07, 6.45) is 5.31. The van der Waals surface area contributed by atoms with Crippen LogP contribution >= 0.6 is 0 Å². The van der Waals surface area contributed by atoms with Crippen LogP contribution in [0, 0.1) is 5.92 Å². The summed E-state index contributed by atoms with van der Waals surface area (Å²) in [7, 11) is 0. The summed E-state index contributed by atoms with van der Waals surface area (Å²) in [6, 6.07) is 8.10. The number of fused-ring (bicyclic) bond motifs is 4. The molecule has 7 heteroatoms. The highest BCUT2D eigenvalue weighted by Crippen LogP contribution is 2.34. The highest BCUT2D eigenvalue weighted by Gasteiger charge is 2.42. The highest BCUT2D eigenvalue weighted by atomic mass is 16.4. The van der Waals surface area contributed by atoms with Crippen molar-refractivity contribution in [3.05, 3.63) is 42.4 Å². The SMILES string of the molecule is O=C(c1n[nH]c2ccccc12)N(c1ncco1)[C@H]1CN2CCC1CC2. The number of aromatic amines is 1. The van der Waals surface area contributed by atoms with Crippen LogP contribution in [0.5, 0.6) is 0 Å². The highest BCUT2D eigenvalue weighted by molar-refractivity contribution is 6.11. The van der Waals surface area contributed by atoms with E-state index in [-0.39, 0.29) is 11.9 Å². The molecule has 2 bridgehead atoms. The third-order valence-corrected chi connectivity index (χ3v) is 5.47. The third-order valence-electron chi connectivity index (χ3n) is 5.47. The molecule has 0 unspecified atom stereocenters. The van der Waals surface area contributed by atoms with Crippen LogP contribution < -0.4 is 4.90 Å². The fourth-order valence-electron chi connectivity index (χ4n) is 4.18. The molecule has 3 saturated heterocycles. The van der Waals surface area contributed by atoms with Crippen molar-refractivity contribution in [2.24, 2.45) is 5.92 Å². The number of amides is 1. The van der Waals surface area contributed by atoms with Crippen molar-refractivity contribution >= 4 is 22.8 Å². The minimum absolute atomic E-state index is 0.0733. The Labute approximate surface area is 144 Å². The number of rotatable bonds is 3. The molecule has 0 spiro atoms. The molecular formula is C18H19N5O2. The molecule has 25 heavy (non-hydrogen) atoms. The van der Waals surface area contributed by atoms with E-state index < -0.39 is 0 Å². The molecule has 2 aromatic heterocycles. The number of H-pyrrole nitrogens is 1. The van der Waals surface area contributed by atoms with Gasteiger partial charge in [-0.1, -0.05) is 18.2 Å². The van der Waals surface area contributed by atoms with Gasteiger partial charge in [-0.05, 0) is 37.9 Å². The topological polar surface area (TPSA) is 78.3 Å². The second kappa shape index (κ2) is 5.70. The average Bonchev–Trinajstić information content (AvgIpc) is 3.33. The zero-order chi connectivity index (χ0) is 16.8. The molecular weight excluding hydrogens is 318 g/mol. The molecule has 3 aliphatic rings. The molecule has 0 radical (unpaired) electrons. The van der Waals surface area contributed by atoms with Crippen LogP contribution in [0.15, 0.2) is 41.1 Å². The van der Waals surface area contributed by atoms with E-state index in [2.05, 4.69) is 20.1 Å². The van der Waals surface area contributed by atoms with Gasteiger partial charge in [0.2, 0.25) is 0 Å². The predicted molar refractivity (Wildman–Crippen MR) is 92.4 cm³/mol. The quantitative estimate of drug-likeness (QED) is 0.793. The minimum atomic E-state index is -0.154. The van der Waals surface area contributed by atoms with E-state index in [9.17, 15) is 4.79 Å². The normalized spacial score (nSPS) is 25.4. The van der Waals surface area contributed by atoms with Crippen molar-refractivity contribution in [3.63, 3.8) is 0 Å². The summed E-state index contributed by atoms with van der Waals surface area (Å²) in [4.78, 5) is 21.8. The minimum Gasteiger partial charge on any atom is -0.432 e. The van der Waals surface area contributed by atoms with Gasteiger partial charge in [0, 0.05) is 11.9 Å². The fraction of sp³-hybridized carbons (Fsp3) is 0.389. The summed E-state index contributed by atoms with van der Waals surface area (Å²) >= 11 is 0. The number of piperidine rings is 3. The van der Waals surface area contributed by atoms with Crippen LogP contribution in [0.2, 0.25) is 0 Å². The maximum atomic E-state index is 13.4. The number of hydrogen-bond donors (Lipinski definition) is 1. The zero-order valence-electron chi connectivity index (χ0n) is 13.8. The largest absolute Gasteiger partial charge is 0.432 e. The van der Waals surface area contributed by atoms with Gasteiger partial charge >= 0.3 is 6.01 Å². The third kappa shape index (κ3) is 2.34. The maximum Gasteiger partial charge on any atom is 0.304 e. The number of carbonyl (C=O) groups is 1. The maximum absolute atomic E-state index is 13.4. The first-order valence-corrected chi connectivity index (χ1v) is 8.70. The molecule has 128 valence electrons. The molecule has 3 aliphatic heterocycles. The van der Waals surface area contributed by atoms with Crippen LogP contribution in [-0.2, 0) is 0 Å². The van der Waals surface area contributed by atoms with Gasteiger partial charge in [0.15, 0.2) is 5.69 Å². The van der Waals surface area contributed by atoms with E-state index in [0.717, 1.165) is 43.4 Å². The lowest BCUT2D eigenvalue weighted by Crippen LogP contribution is -2.59. The second-order valence-electron chi connectivity index (χ2n) is 6.81. The van der Waals surface area contributed by atoms with Crippen molar-refractivity contribution in [2.75, 3.05) is 24.5 Å². The number of anilines is 1. The van der Waals surface area contributed by atoms with Crippen molar-refractivity contribution in [1.82, 2.24) is 20.1 Å². The summed E-state index contributed by atoms with van der Waals surface area (Å²) < 4.78 is 5.53. The molecule has 3 fully saturated rings. The Hall–Kier alpha value is -2.67. The molecule has 1 atom stereocenters. The smallest absolute Gasteiger partial charge is 0.304 e. The Morgan fingerprint density at radius 3 is 2.84 bits per heavy atom. The van der Waals surface area contributed by atoms with E-state index >= 15 is 0 Å². The van der Waals surface area contributed by atoms with Gasteiger partial charge in [-0.25, -0.2) is 4.98 Å². The van der Waals surface area contributed by atoms with Crippen LogP contribution in [0.1, 0.15) is 23.3 Å². The van der Waals surface area contributed by atoms with E-state index in [1.54, 1.807) is 11.1 Å². The van der Waals surface area contributed by atoms with Crippen molar-refractivity contribution < 1.29 is 9.21 Å². The lowest BCUT2D eigenvalue weighted by Gasteiger charge is -2.47. The van der Waals surface area contributed by atoms with Crippen LogP contribution in [-0.4, -0.2) is 51.7 Å². The van der Waals surface area contributed by atoms with Gasteiger partial charge in [-0.15, -0.1) is 0 Å². The number of nitrogens with zero attached hydrogens (tertiary/aromatic N) is 4. The molecule has 5 heterocycles. The predicted octanol–water partition coefficient (Wildman–Crippen LogP) is 2.29. The molecule has 6 rings (SSSR count). The van der Waals surface area contributed by atoms with Gasteiger partial charge in [-0.2, -0.15) is 5.10 Å². The molecule has 0 saturated carbocycles. The summed E-state index contributed by atoms with van der Waals surface area (Å²) in [5.41, 5.74) is 1.28. The molecule has 1 N–H and O–H groups in total. The number of nitrogens with one attached hydrogen (secondary N) is 1. The number of oxazole rings is 1. The molecule has 0 aliphatic carbocycles. The molecule has 7 nitrogen and oxygen atoms in total. The molecule has 1 amide bonds. The monoisotopic (exact) mass is 337 g/mol. The summed E-state index contributed by atoms with van der Waals surface area (Å²) in [5, 5.41) is 8.06. The zero-order valence-corrected chi connectivity index (χ0v) is 13.8. The van der Waals surface area contributed by atoms with Crippen molar-refractivity contribution in [3.8, 4) is 0 Å². The first-order chi connectivity index (χ1) is 12.3. The number of hydrogen-bond acceptors (Lipinski definition) is 5. The summed E-state index contributed by atoms with van der Waals surface area (Å²) in [6.45, 7) is 3.08. The Bertz CT molecular complexity index is 895. The van der Waals surface area contributed by atoms with E-state index in [4.69, 9.17) is 4.42 Å². The summed E-state index contributed by atoms with van der Waals surface area (Å²) in [5.74, 6) is 0.324. The number of para-hydroxylation sites is 1. The van der Waals surface area contributed by atoms with Crippen molar-refractivity contribution in [2.45, 2.75) is 18.9 Å². The fourth-order valence-corrected chi connectivity index (χ4v) is 4.18. The Kier molecular flexibility index (Phi) is 3.34. The van der Waals surface area contributed by atoms with Crippen LogP contribution in [0.3, 0.4) is 0 Å². The van der Waals surface area contributed by atoms with Gasteiger partial charge in [-0.3, -0.25) is 14.8 Å². The Morgan fingerprint density at radius 1 is 1.28 bits per heavy atom. The van der Waals surface area contributed by atoms with Gasteiger partial charge in [0.1, 0.15) is 6.26 Å². The number of benzene rings is 1. The molecule has 3 aromatic rings. The Morgan fingerprint density at radius 2 is 2.12 bits per heavy atom. The molecule has 1 aromatic carbocycles. The van der Waals surface area contributed by atoms with Gasteiger partial charge < -0.3 is 9.32 Å². The van der Waals surface area contributed by atoms with E-state index in [1.807, 2.05) is 24.3 Å². The van der Waals surface area contributed by atoms with Crippen LogP contribution in [0.4, 0.5) is 6.01 Å². The second-order valence-corrected chi connectivity index (χ2v) is 6.81. The number of aromatic nitrogens is 3. The standard InChI is InChI=1S/C18H19N5O2/c24-17(16-13-3-1-2-4-14(13)20-21-16)23(18-19-7-10-25-18)15-11-22-8-5-12(15)6-9-22/h1-4,7,10,12,15H,5-6,8-9,11H2,(H,20,21)/t15-/m0/s1. The average molecular weight is 337 g/mol. The van der Waals surface area contributed by atoms with E-state index in [0.29, 0.717) is 17.6 Å². The first-order valence-electron chi connectivity index (χ1n) is 8.70. The van der Waals surface area contributed by atoms with Crippen molar-refractivity contribution in [1.29, 1.82) is 0 Å². The first kappa shape index (κ1) is 14.7. The van der Waals surface area contributed by atoms with E-state index in [1.165, 1.54) is 6.26 Å². The van der Waals surface area contributed by atoms with Gasteiger partial charge in [0.05, 0.1) is 17.8 Å². The Balaban J connectivity index is 1.57. The lowest BCUT2D eigenvalue weighted by atomic mass is 9.83.